The first-order valence-corrected chi connectivity index (χ1v) is 6.21. The number of carbonyl (C=O) groups excluding carboxylic acids is 2. The van der Waals surface area contributed by atoms with Gasteiger partial charge in [0.25, 0.3) is 5.91 Å². The van der Waals surface area contributed by atoms with E-state index in [2.05, 4.69) is 15.6 Å². The summed E-state index contributed by atoms with van der Waals surface area (Å²) in [5.74, 6) is -3.67. The SMILES string of the molecule is CC(C)CNC(=O)C(C)NC(=O)c1ccnc(F)c1F. The number of hydrogen-bond acceptors (Lipinski definition) is 3. The number of pyridine rings is 1. The Morgan fingerprint density at radius 3 is 2.55 bits per heavy atom. The average Bonchev–Trinajstić information content (AvgIpc) is 2.38. The van der Waals surface area contributed by atoms with E-state index in [4.69, 9.17) is 0 Å². The highest BCUT2D eigenvalue weighted by Gasteiger charge is 2.20. The van der Waals surface area contributed by atoms with Gasteiger partial charge in [-0.15, -0.1) is 0 Å². The molecule has 0 saturated heterocycles. The molecule has 0 aliphatic carbocycles. The van der Waals surface area contributed by atoms with Crippen LogP contribution >= 0.6 is 0 Å². The van der Waals surface area contributed by atoms with E-state index in [1.54, 1.807) is 0 Å². The van der Waals surface area contributed by atoms with E-state index in [1.165, 1.54) is 6.92 Å². The maximum absolute atomic E-state index is 13.4. The topological polar surface area (TPSA) is 71.1 Å². The molecule has 110 valence electrons. The number of halogens is 2. The Labute approximate surface area is 115 Å². The predicted octanol–water partition coefficient (Wildman–Crippen LogP) is 1.25. The molecule has 1 rings (SSSR count). The Balaban J connectivity index is 2.66. The molecular weight excluding hydrogens is 268 g/mol. The van der Waals surface area contributed by atoms with Crippen LogP contribution in [0.1, 0.15) is 31.1 Å². The third kappa shape index (κ3) is 4.25. The Morgan fingerprint density at radius 1 is 1.30 bits per heavy atom. The number of nitrogens with one attached hydrogen (secondary N) is 2. The third-order valence-electron chi connectivity index (χ3n) is 2.52. The van der Waals surface area contributed by atoms with Crippen LogP contribution in [0.3, 0.4) is 0 Å². The van der Waals surface area contributed by atoms with Crippen LogP contribution in [-0.2, 0) is 4.79 Å². The molecule has 7 heteroatoms. The van der Waals surface area contributed by atoms with Gasteiger partial charge in [-0.25, -0.2) is 9.37 Å². The molecule has 5 nitrogen and oxygen atoms in total. The van der Waals surface area contributed by atoms with Gasteiger partial charge in [0, 0.05) is 12.7 Å². The third-order valence-corrected chi connectivity index (χ3v) is 2.52. The van der Waals surface area contributed by atoms with Gasteiger partial charge in [0.05, 0.1) is 5.56 Å². The largest absolute Gasteiger partial charge is 0.354 e. The van der Waals surface area contributed by atoms with Crippen molar-refractivity contribution in [3.8, 4) is 0 Å². The van der Waals surface area contributed by atoms with Gasteiger partial charge in [-0.1, -0.05) is 13.8 Å². The van der Waals surface area contributed by atoms with E-state index >= 15 is 0 Å². The first kappa shape index (κ1) is 16.0. The highest BCUT2D eigenvalue weighted by atomic mass is 19.2. The zero-order valence-corrected chi connectivity index (χ0v) is 11.5. The van der Waals surface area contributed by atoms with Crippen LogP contribution in [-0.4, -0.2) is 29.4 Å². The minimum Gasteiger partial charge on any atom is -0.354 e. The monoisotopic (exact) mass is 285 g/mol. The summed E-state index contributed by atoms with van der Waals surface area (Å²) >= 11 is 0. The molecule has 0 saturated carbocycles. The van der Waals surface area contributed by atoms with Crippen molar-refractivity contribution in [3.63, 3.8) is 0 Å². The molecule has 0 aromatic carbocycles. The van der Waals surface area contributed by atoms with Crippen LogP contribution in [0.2, 0.25) is 0 Å². The maximum atomic E-state index is 13.4. The first-order valence-electron chi connectivity index (χ1n) is 6.21. The van der Waals surface area contributed by atoms with Crippen LogP contribution in [0.25, 0.3) is 0 Å². The van der Waals surface area contributed by atoms with Crippen molar-refractivity contribution in [2.75, 3.05) is 6.54 Å². The molecule has 0 aliphatic heterocycles. The van der Waals surface area contributed by atoms with Crippen molar-refractivity contribution in [1.82, 2.24) is 15.6 Å². The lowest BCUT2D eigenvalue weighted by Gasteiger charge is -2.15. The second-order valence-corrected chi connectivity index (χ2v) is 4.80. The van der Waals surface area contributed by atoms with Gasteiger partial charge in [0.2, 0.25) is 11.9 Å². The summed E-state index contributed by atoms with van der Waals surface area (Å²) in [6.07, 6.45) is 0.983. The van der Waals surface area contributed by atoms with E-state index in [9.17, 15) is 18.4 Å². The van der Waals surface area contributed by atoms with Crippen LogP contribution < -0.4 is 10.6 Å². The van der Waals surface area contributed by atoms with Gasteiger partial charge in [-0.3, -0.25) is 9.59 Å². The number of hydrogen-bond donors (Lipinski definition) is 2. The molecular formula is C13H17F2N3O2. The van der Waals surface area contributed by atoms with Crippen molar-refractivity contribution in [2.24, 2.45) is 5.92 Å². The van der Waals surface area contributed by atoms with E-state index in [0.29, 0.717) is 6.54 Å². The molecule has 1 aromatic rings. The maximum Gasteiger partial charge on any atom is 0.255 e. The Kier molecular flexibility index (Phi) is 5.54. The summed E-state index contributed by atoms with van der Waals surface area (Å²) in [6, 6.07) is 0.198. The summed E-state index contributed by atoms with van der Waals surface area (Å²) in [7, 11) is 0. The quantitative estimate of drug-likeness (QED) is 0.800. The standard InChI is InChI=1S/C13H17F2N3O2/c1-7(2)6-17-12(19)8(3)18-13(20)9-4-5-16-11(15)10(9)14/h4-5,7-8H,6H2,1-3H3,(H,17,19)(H,18,20). The Morgan fingerprint density at radius 2 is 1.95 bits per heavy atom. The van der Waals surface area contributed by atoms with E-state index in [0.717, 1.165) is 12.3 Å². The fraction of sp³-hybridized carbons (Fsp3) is 0.462. The highest BCUT2D eigenvalue weighted by molar-refractivity contribution is 5.97. The zero-order chi connectivity index (χ0) is 15.3. The predicted molar refractivity (Wildman–Crippen MR) is 68.9 cm³/mol. The summed E-state index contributed by atoms with van der Waals surface area (Å²) in [5.41, 5.74) is -0.485. The second-order valence-electron chi connectivity index (χ2n) is 4.80. The molecule has 2 amide bonds. The van der Waals surface area contributed by atoms with E-state index in [-0.39, 0.29) is 11.8 Å². The highest BCUT2D eigenvalue weighted by Crippen LogP contribution is 2.08. The smallest absolute Gasteiger partial charge is 0.255 e. The number of aromatic nitrogens is 1. The van der Waals surface area contributed by atoms with Crippen molar-refractivity contribution in [2.45, 2.75) is 26.8 Å². The van der Waals surface area contributed by atoms with E-state index < -0.39 is 29.3 Å². The number of amides is 2. The number of carbonyl (C=O) groups is 2. The lowest BCUT2D eigenvalue weighted by Crippen LogP contribution is -2.45. The fourth-order valence-corrected chi connectivity index (χ4v) is 1.39. The normalized spacial score (nSPS) is 12.1. The summed E-state index contributed by atoms with van der Waals surface area (Å²) in [6.45, 7) is 5.79. The second kappa shape index (κ2) is 6.93. The lowest BCUT2D eigenvalue weighted by atomic mass is 10.2. The molecule has 2 N–H and O–H groups in total. The van der Waals surface area contributed by atoms with E-state index in [1.807, 2.05) is 13.8 Å². The Hall–Kier alpha value is -2.05. The van der Waals surface area contributed by atoms with Gasteiger partial charge in [0.1, 0.15) is 6.04 Å². The number of nitrogens with zero attached hydrogens (tertiary/aromatic N) is 1. The summed E-state index contributed by atoms with van der Waals surface area (Å²) in [5, 5.41) is 4.93. The number of rotatable bonds is 5. The van der Waals surface area contributed by atoms with Crippen molar-refractivity contribution in [1.29, 1.82) is 0 Å². The van der Waals surface area contributed by atoms with Crippen molar-refractivity contribution >= 4 is 11.8 Å². The minimum atomic E-state index is -1.35. The van der Waals surface area contributed by atoms with Crippen LogP contribution in [0.5, 0.6) is 0 Å². The molecule has 0 spiro atoms. The molecule has 1 heterocycles. The summed E-state index contributed by atoms with van der Waals surface area (Å²) in [4.78, 5) is 26.5. The molecule has 0 radical (unpaired) electrons. The van der Waals surface area contributed by atoms with Crippen molar-refractivity contribution in [3.05, 3.63) is 29.6 Å². The lowest BCUT2D eigenvalue weighted by molar-refractivity contribution is -0.122. The van der Waals surface area contributed by atoms with Gasteiger partial charge in [-0.2, -0.15) is 4.39 Å². The Bertz CT molecular complexity index is 506. The molecule has 20 heavy (non-hydrogen) atoms. The van der Waals surface area contributed by atoms with Gasteiger partial charge in [0.15, 0.2) is 5.82 Å². The van der Waals surface area contributed by atoms with Gasteiger partial charge < -0.3 is 10.6 Å². The van der Waals surface area contributed by atoms with Gasteiger partial charge in [-0.05, 0) is 18.9 Å². The van der Waals surface area contributed by atoms with Crippen LogP contribution in [0.4, 0.5) is 8.78 Å². The summed E-state index contributed by atoms with van der Waals surface area (Å²) < 4.78 is 26.3. The van der Waals surface area contributed by atoms with Crippen molar-refractivity contribution < 1.29 is 18.4 Å². The molecule has 1 atom stereocenters. The van der Waals surface area contributed by atoms with Gasteiger partial charge >= 0.3 is 0 Å². The molecule has 1 aromatic heterocycles. The first-order chi connectivity index (χ1) is 9.32. The molecule has 1 unspecified atom stereocenters. The fourth-order valence-electron chi connectivity index (χ4n) is 1.39. The van der Waals surface area contributed by atoms with Crippen LogP contribution in [0, 0.1) is 17.7 Å². The van der Waals surface area contributed by atoms with Crippen LogP contribution in [0.15, 0.2) is 12.3 Å². The molecule has 0 aliphatic rings. The molecule has 0 bridgehead atoms. The average molecular weight is 285 g/mol. The molecule has 0 fully saturated rings. The zero-order valence-electron chi connectivity index (χ0n) is 11.5. The minimum absolute atomic E-state index is 0.272.